The first-order valence-electron chi connectivity index (χ1n) is 6.64. The van der Waals surface area contributed by atoms with Gasteiger partial charge in [0.1, 0.15) is 0 Å². The van der Waals surface area contributed by atoms with Crippen LogP contribution in [0, 0.1) is 20.8 Å². The van der Waals surface area contributed by atoms with E-state index in [4.69, 9.17) is 16.3 Å². The average Bonchev–Trinajstić information content (AvgIpc) is 2.40. The van der Waals surface area contributed by atoms with Crippen molar-refractivity contribution < 1.29 is 4.74 Å². The second kappa shape index (κ2) is 6.18. The highest BCUT2D eigenvalue weighted by Gasteiger charge is 2.11. The molecule has 0 aliphatic heterocycles. The van der Waals surface area contributed by atoms with Gasteiger partial charge in [0.15, 0.2) is 5.82 Å². The van der Waals surface area contributed by atoms with Crippen molar-refractivity contribution in [1.29, 1.82) is 0 Å². The highest BCUT2D eigenvalue weighted by atomic mass is 35.5. The first-order valence-corrected chi connectivity index (χ1v) is 7.01. The lowest BCUT2D eigenvalue weighted by atomic mass is 10.0. The zero-order valence-corrected chi connectivity index (χ0v) is 13.0. The molecule has 0 spiro atoms. The van der Waals surface area contributed by atoms with Crippen LogP contribution >= 0.6 is 11.6 Å². The topological polar surface area (TPSA) is 47.9 Å². The van der Waals surface area contributed by atoms with Gasteiger partial charge in [-0.2, -0.15) is 15.0 Å². The summed E-state index contributed by atoms with van der Waals surface area (Å²) in [7, 11) is 0. The summed E-state index contributed by atoms with van der Waals surface area (Å²) in [6, 6.07) is 4.47. The molecule has 0 radical (unpaired) electrons. The molecule has 106 valence electrons. The van der Waals surface area contributed by atoms with Gasteiger partial charge >= 0.3 is 6.01 Å². The van der Waals surface area contributed by atoms with E-state index in [1.54, 1.807) is 0 Å². The van der Waals surface area contributed by atoms with E-state index in [9.17, 15) is 0 Å². The number of ether oxygens (including phenoxy) is 1. The number of rotatable bonds is 4. The van der Waals surface area contributed by atoms with E-state index in [1.165, 1.54) is 11.1 Å². The number of benzene rings is 1. The molecule has 2 rings (SSSR count). The third-order valence-corrected chi connectivity index (χ3v) is 3.27. The molecular weight excluding hydrogens is 274 g/mol. The van der Waals surface area contributed by atoms with E-state index in [1.807, 2.05) is 13.8 Å². The summed E-state index contributed by atoms with van der Waals surface area (Å²) in [6.07, 6.45) is 0.890. The molecule has 0 bridgehead atoms. The molecule has 0 aliphatic carbocycles. The quantitative estimate of drug-likeness (QED) is 0.857. The lowest BCUT2D eigenvalue weighted by Gasteiger charge is -2.10. The Morgan fingerprint density at radius 3 is 2.40 bits per heavy atom. The van der Waals surface area contributed by atoms with Crippen LogP contribution in [0.2, 0.25) is 5.28 Å². The molecule has 0 atom stereocenters. The van der Waals surface area contributed by atoms with Gasteiger partial charge in [-0.1, -0.05) is 13.0 Å². The SMILES string of the molecule is CCCOc1nc(Cl)nc(-c2cc(C)c(C)cc2C)n1. The summed E-state index contributed by atoms with van der Waals surface area (Å²) in [5.74, 6) is 0.553. The molecule has 1 aromatic heterocycles. The monoisotopic (exact) mass is 291 g/mol. The standard InChI is InChI=1S/C15H18ClN3O/c1-5-6-20-15-18-13(17-14(16)19-15)12-8-10(3)9(2)7-11(12)4/h7-8H,5-6H2,1-4H3. The van der Waals surface area contributed by atoms with Gasteiger partial charge < -0.3 is 4.74 Å². The maximum absolute atomic E-state index is 5.96. The van der Waals surface area contributed by atoms with Crippen LogP contribution in [0.3, 0.4) is 0 Å². The Kier molecular flexibility index (Phi) is 4.55. The predicted octanol–water partition coefficient (Wildman–Crippen LogP) is 3.91. The molecule has 1 aromatic carbocycles. The van der Waals surface area contributed by atoms with Crippen molar-refractivity contribution in [2.45, 2.75) is 34.1 Å². The average molecular weight is 292 g/mol. The molecular formula is C15H18ClN3O. The number of halogens is 1. The van der Waals surface area contributed by atoms with Crippen LogP contribution in [0.5, 0.6) is 6.01 Å². The van der Waals surface area contributed by atoms with E-state index >= 15 is 0 Å². The Morgan fingerprint density at radius 1 is 1.00 bits per heavy atom. The number of aromatic nitrogens is 3. The van der Waals surface area contributed by atoms with Crippen LogP contribution in [0.4, 0.5) is 0 Å². The summed E-state index contributed by atoms with van der Waals surface area (Å²) < 4.78 is 5.45. The van der Waals surface area contributed by atoms with Gasteiger partial charge in [-0.3, -0.25) is 0 Å². The molecule has 0 fully saturated rings. The van der Waals surface area contributed by atoms with Gasteiger partial charge in [0, 0.05) is 5.56 Å². The summed E-state index contributed by atoms with van der Waals surface area (Å²) in [4.78, 5) is 12.5. The smallest absolute Gasteiger partial charge is 0.321 e. The van der Waals surface area contributed by atoms with Crippen LogP contribution in [0.25, 0.3) is 11.4 Å². The van der Waals surface area contributed by atoms with Crippen molar-refractivity contribution >= 4 is 11.6 Å². The maximum atomic E-state index is 5.96. The number of hydrogen-bond donors (Lipinski definition) is 0. The van der Waals surface area contributed by atoms with Gasteiger partial charge in [-0.25, -0.2) is 0 Å². The maximum Gasteiger partial charge on any atom is 0.321 e. The van der Waals surface area contributed by atoms with Crippen molar-refractivity contribution in [1.82, 2.24) is 15.0 Å². The molecule has 0 N–H and O–H groups in total. The van der Waals surface area contributed by atoms with E-state index < -0.39 is 0 Å². The fourth-order valence-corrected chi connectivity index (χ4v) is 2.06. The second-order valence-corrected chi connectivity index (χ2v) is 5.15. The molecule has 0 unspecified atom stereocenters. The number of nitrogens with zero attached hydrogens (tertiary/aromatic N) is 3. The summed E-state index contributed by atoms with van der Waals surface area (Å²) in [6.45, 7) is 8.77. The highest BCUT2D eigenvalue weighted by Crippen LogP contribution is 2.25. The van der Waals surface area contributed by atoms with Gasteiger partial charge in [-0.05, 0) is 61.5 Å². The first-order chi connectivity index (χ1) is 9.51. The van der Waals surface area contributed by atoms with Crippen molar-refractivity contribution in [2.75, 3.05) is 6.61 Å². The molecule has 20 heavy (non-hydrogen) atoms. The molecule has 1 heterocycles. The lowest BCUT2D eigenvalue weighted by molar-refractivity contribution is 0.291. The minimum absolute atomic E-state index is 0.152. The largest absolute Gasteiger partial charge is 0.463 e. The van der Waals surface area contributed by atoms with Crippen LogP contribution < -0.4 is 4.74 Å². The van der Waals surface area contributed by atoms with E-state index in [0.717, 1.165) is 17.5 Å². The van der Waals surface area contributed by atoms with Crippen LogP contribution in [0.15, 0.2) is 12.1 Å². The van der Waals surface area contributed by atoms with E-state index in [2.05, 4.69) is 40.9 Å². The zero-order valence-electron chi connectivity index (χ0n) is 12.2. The summed E-state index contributed by atoms with van der Waals surface area (Å²) in [5.41, 5.74) is 4.50. The highest BCUT2D eigenvalue weighted by molar-refractivity contribution is 6.28. The molecule has 0 amide bonds. The first kappa shape index (κ1) is 14.7. The molecule has 4 nitrogen and oxygen atoms in total. The molecule has 5 heteroatoms. The molecule has 0 saturated heterocycles. The van der Waals surface area contributed by atoms with Gasteiger partial charge in [-0.15, -0.1) is 0 Å². The Labute approximate surface area is 124 Å². The van der Waals surface area contributed by atoms with Gasteiger partial charge in [0.2, 0.25) is 5.28 Å². The van der Waals surface area contributed by atoms with Gasteiger partial charge in [0.25, 0.3) is 0 Å². The van der Waals surface area contributed by atoms with Crippen LogP contribution in [0.1, 0.15) is 30.0 Å². The minimum atomic E-state index is 0.152. The summed E-state index contributed by atoms with van der Waals surface area (Å²) >= 11 is 5.96. The normalized spacial score (nSPS) is 10.7. The third-order valence-electron chi connectivity index (χ3n) is 3.10. The van der Waals surface area contributed by atoms with Crippen LogP contribution in [-0.2, 0) is 0 Å². The number of hydrogen-bond acceptors (Lipinski definition) is 4. The van der Waals surface area contributed by atoms with Crippen LogP contribution in [-0.4, -0.2) is 21.6 Å². The fourth-order valence-electron chi connectivity index (χ4n) is 1.91. The fraction of sp³-hybridized carbons (Fsp3) is 0.400. The van der Waals surface area contributed by atoms with Crippen molar-refractivity contribution in [3.05, 3.63) is 34.1 Å². The Bertz CT molecular complexity index is 629. The second-order valence-electron chi connectivity index (χ2n) is 4.81. The predicted molar refractivity (Wildman–Crippen MR) is 80.3 cm³/mol. The molecule has 0 saturated carbocycles. The molecule has 2 aromatic rings. The Hall–Kier alpha value is -1.68. The van der Waals surface area contributed by atoms with Crippen molar-refractivity contribution in [3.8, 4) is 17.4 Å². The van der Waals surface area contributed by atoms with Gasteiger partial charge in [0.05, 0.1) is 6.61 Å². The van der Waals surface area contributed by atoms with Crippen molar-refractivity contribution in [2.24, 2.45) is 0 Å². The minimum Gasteiger partial charge on any atom is -0.463 e. The molecule has 0 aliphatic rings. The zero-order chi connectivity index (χ0) is 14.7. The van der Waals surface area contributed by atoms with E-state index in [0.29, 0.717) is 12.4 Å². The Balaban J connectivity index is 2.47. The Morgan fingerprint density at radius 2 is 1.70 bits per heavy atom. The third kappa shape index (κ3) is 3.25. The lowest BCUT2D eigenvalue weighted by Crippen LogP contribution is -2.03. The summed E-state index contributed by atoms with van der Waals surface area (Å²) in [5, 5.41) is 0.152. The number of aryl methyl sites for hydroxylation is 3. The van der Waals surface area contributed by atoms with E-state index in [-0.39, 0.29) is 11.3 Å². The van der Waals surface area contributed by atoms with Crippen molar-refractivity contribution in [3.63, 3.8) is 0 Å².